The highest BCUT2D eigenvalue weighted by atomic mass is 32.1. The van der Waals surface area contributed by atoms with Crippen molar-refractivity contribution in [1.29, 1.82) is 0 Å². The van der Waals surface area contributed by atoms with Crippen LogP contribution in [0.4, 0.5) is 0 Å². The van der Waals surface area contributed by atoms with Crippen molar-refractivity contribution in [3.63, 3.8) is 0 Å². The maximum absolute atomic E-state index is 5.01. The average molecular weight is 249 g/mol. The molecule has 2 heterocycles. The molecule has 0 amide bonds. The zero-order valence-corrected chi connectivity index (χ0v) is 10.8. The summed E-state index contributed by atoms with van der Waals surface area (Å²) in [7, 11) is 1.62. The second kappa shape index (κ2) is 5.75. The summed E-state index contributed by atoms with van der Waals surface area (Å²) in [5.74, 6) is 0.643. The van der Waals surface area contributed by atoms with E-state index >= 15 is 0 Å². The molecule has 0 aliphatic heterocycles. The van der Waals surface area contributed by atoms with Gasteiger partial charge in [0.25, 0.3) is 0 Å². The van der Waals surface area contributed by atoms with Crippen molar-refractivity contribution in [2.45, 2.75) is 20.0 Å². The lowest BCUT2D eigenvalue weighted by Crippen LogP contribution is -2.12. The lowest BCUT2D eigenvalue weighted by Gasteiger charge is -2.03. The van der Waals surface area contributed by atoms with E-state index in [4.69, 9.17) is 4.74 Å². The molecule has 0 radical (unpaired) electrons. The fourth-order valence-corrected chi connectivity index (χ4v) is 2.18. The first-order valence-electron chi connectivity index (χ1n) is 5.38. The predicted octanol–water partition coefficient (Wildman–Crippen LogP) is 2.14. The third-order valence-corrected chi connectivity index (χ3v) is 3.25. The molecule has 0 bridgehead atoms. The standard InChI is InChI=1S/C12H15N3OS/c1-9-8-17-12(15-9)7-13-5-10-3-4-11(16-2)14-6-10/h3-4,6,8,13H,5,7H2,1-2H3. The molecule has 0 saturated carbocycles. The molecule has 1 N–H and O–H groups in total. The van der Waals surface area contributed by atoms with Crippen molar-refractivity contribution in [1.82, 2.24) is 15.3 Å². The average Bonchev–Trinajstić information content (AvgIpc) is 2.76. The monoisotopic (exact) mass is 249 g/mol. The van der Waals surface area contributed by atoms with Gasteiger partial charge in [0.1, 0.15) is 5.01 Å². The summed E-state index contributed by atoms with van der Waals surface area (Å²) in [5, 5.41) is 6.51. The Morgan fingerprint density at radius 2 is 2.24 bits per heavy atom. The molecule has 0 atom stereocenters. The highest BCUT2D eigenvalue weighted by molar-refractivity contribution is 7.09. The number of pyridine rings is 1. The number of thiazole rings is 1. The normalized spacial score (nSPS) is 10.5. The van der Waals surface area contributed by atoms with Crippen molar-refractivity contribution >= 4 is 11.3 Å². The van der Waals surface area contributed by atoms with E-state index in [1.54, 1.807) is 18.4 Å². The molecule has 2 aromatic rings. The Balaban J connectivity index is 1.81. The van der Waals surface area contributed by atoms with Crippen LogP contribution in [0.3, 0.4) is 0 Å². The zero-order chi connectivity index (χ0) is 12.1. The second-order valence-electron chi connectivity index (χ2n) is 3.69. The number of rotatable bonds is 5. The van der Waals surface area contributed by atoms with Crippen LogP contribution in [0.1, 0.15) is 16.3 Å². The molecule has 0 unspecified atom stereocenters. The van der Waals surface area contributed by atoms with Crippen LogP contribution >= 0.6 is 11.3 Å². The first-order valence-corrected chi connectivity index (χ1v) is 6.26. The van der Waals surface area contributed by atoms with E-state index in [1.165, 1.54) is 0 Å². The molecule has 2 aromatic heterocycles. The molecule has 0 fully saturated rings. The van der Waals surface area contributed by atoms with E-state index in [1.807, 2.05) is 25.3 Å². The Morgan fingerprint density at radius 1 is 1.35 bits per heavy atom. The number of aryl methyl sites for hydroxylation is 1. The fraction of sp³-hybridized carbons (Fsp3) is 0.333. The Morgan fingerprint density at radius 3 is 2.82 bits per heavy atom. The summed E-state index contributed by atoms with van der Waals surface area (Å²) >= 11 is 1.68. The van der Waals surface area contributed by atoms with E-state index in [0.717, 1.165) is 29.4 Å². The lowest BCUT2D eigenvalue weighted by atomic mass is 10.3. The topological polar surface area (TPSA) is 47.0 Å². The van der Waals surface area contributed by atoms with Gasteiger partial charge >= 0.3 is 0 Å². The highest BCUT2D eigenvalue weighted by Crippen LogP contribution is 2.09. The molecule has 4 nitrogen and oxygen atoms in total. The van der Waals surface area contributed by atoms with Gasteiger partial charge in [-0.3, -0.25) is 0 Å². The van der Waals surface area contributed by atoms with E-state index in [0.29, 0.717) is 5.88 Å². The van der Waals surface area contributed by atoms with Crippen molar-refractivity contribution in [2.24, 2.45) is 0 Å². The zero-order valence-electron chi connectivity index (χ0n) is 9.93. The first-order chi connectivity index (χ1) is 8.28. The predicted molar refractivity (Wildman–Crippen MR) is 68.2 cm³/mol. The van der Waals surface area contributed by atoms with Gasteiger partial charge in [-0.1, -0.05) is 6.07 Å². The summed E-state index contributed by atoms with van der Waals surface area (Å²) in [6.45, 7) is 3.59. The molecule has 0 aliphatic rings. The van der Waals surface area contributed by atoms with Crippen LogP contribution in [0, 0.1) is 6.92 Å². The van der Waals surface area contributed by atoms with E-state index in [9.17, 15) is 0 Å². The van der Waals surface area contributed by atoms with Gasteiger partial charge in [0.2, 0.25) is 5.88 Å². The summed E-state index contributed by atoms with van der Waals surface area (Å²) < 4.78 is 5.01. The van der Waals surface area contributed by atoms with Gasteiger partial charge in [-0.2, -0.15) is 0 Å². The first kappa shape index (κ1) is 12.0. The van der Waals surface area contributed by atoms with Crippen LogP contribution in [0.25, 0.3) is 0 Å². The van der Waals surface area contributed by atoms with Gasteiger partial charge in [0.15, 0.2) is 0 Å². The fourth-order valence-electron chi connectivity index (χ4n) is 1.43. The van der Waals surface area contributed by atoms with E-state index in [2.05, 4.69) is 20.7 Å². The van der Waals surface area contributed by atoms with Crippen LogP contribution < -0.4 is 10.1 Å². The summed E-state index contributed by atoms with van der Waals surface area (Å²) in [4.78, 5) is 8.54. The number of nitrogens with one attached hydrogen (secondary N) is 1. The quantitative estimate of drug-likeness (QED) is 0.882. The number of ether oxygens (including phenoxy) is 1. The van der Waals surface area contributed by atoms with Crippen LogP contribution in [0.5, 0.6) is 5.88 Å². The van der Waals surface area contributed by atoms with Crippen molar-refractivity contribution in [3.8, 4) is 5.88 Å². The summed E-state index contributed by atoms with van der Waals surface area (Å²) in [6.07, 6.45) is 1.82. The third-order valence-electron chi connectivity index (χ3n) is 2.28. The van der Waals surface area contributed by atoms with Gasteiger partial charge in [-0.25, -0.2) is 9.97 Å². The summed E-state index contributed by atoms with van der Waals surface area (Å²) in [5.41, 5.74) is 2.22. The Kier molecular flexibility index (Phi) is 4.06. The van der Waals surface area contributed by atoms with Crippen molar-refractivity contribution < 1.29 is 4.74 Å². The lowest BCUT2D eigenvalue weighted by molar-refractivity contribution is 0.397. The van der Waals surface area contributed by atoms with Gasteiger partial charge in [0, 0.05) is 36.4 Å². The molecule has 5 heteroatoms. The van der Waals surface area contributed by atoms with Gasteiger partial charge < -0.3 is 10.1 Å². The Hall–Kier alpha value is -1.46. The van der Waals surface area contributed by atoms with Gasteiger partial charge in [-0.15, -0.1) is 11.3 Å². The van der Waals surface area contributed by atoms with Crippen LogP contribution in [-0.2, 0) is 13.1 Å². The van der Waals surface area contributed by atoms with Crippen LogP contribution in [0.2, 0.25) is 0 Å². The maximum atomic E-state index is 5.01. The number of nitrogens with zero attached hydrogens (tertiary/aromatic N) is 2. The minimum Gasteiger partial charge on any atom is -0.481 e. The molecular weight excluding hydrogens is 234 g/mol. The van der Waals surface area contributed by atoms with Gasteiger partial charge in [0.05, 0.1) is 7.11 Å². The molecular formula is C12H15N3OS. The van der Waals surface area contributed by atoms with Crippen molar-refractivity contribution in [2.75, 3.05) is 7.11 Å². The van der Waals surface area contributed by atoms with E-state index < -0.39 is 0 Å². The molecule has 0 aliphatic carbocycles. The van der Waals surface area contributed by atoms with Crippen LogP contribution in [0.15, 0.2) is 23.7 Å². The molecule has 0 saturated heterocycles. The van der Waals surface area contributed by atoms with Gasteiger partial charge in [-0.05, 0) is 12.5 Å². The molecule has 0 spiro atoms. The SMILES string of the molecule is COc1ccc(CNCc2nc(C)cs2)cn1. The smallest absolute Gasteiger partial charge is 0.212 e. The number of aromatic nitrogens is 2. The second-order valence-corrected chi connectivity index (χ2v) is 4.64. The summed E-state index contributed by atoms with van der Waals surface area (Å²) in [6, 6.07) is 3.87. The number of methoxy groups -OCH3 is 1. The Bertz CT molecular complexity index is 467. The minimum absolute atomic E-state index is 0.643. The number of hydrogen-bond acceptors (Lipinski definition) is 5. The minimum atomic E-state index is 0.643. The molecule has 90 valence electrons. The molecule has 0 aromatic carbocycles. The van der Waals surface area contributed by atoms with Crippen LogP contribution in [-0.4, -0.2) is 17.1 Å². The Labute approximate surface area is 105 Å². The maximum Gasteiger partial charge on any atom is 0.212 e. The molecule has 2 rings (SSSR count). The van der Waals surface area contributed by atoms with E-state index in [-0.39, 0.29) is 0 Å². The number of hydrogen-bond donors (Lipinski definition) is 1. The third kappa shape index (κ3) is 3.51. The van der Waals surface area contributed by atoms with Crippen molar-refractivity contribution in [3.05, 3.63) is 40.0 Å². The molecule has 17 heavy (non-hydrogen) atoms. The largest absolute Gasteiger partial charge is 0.481 e. The highest BCUT2D eigenvalue weighted by Gasteiger charge is 1.99.